The lowest BCUT2D eigenvalue weighted by Gasteiger charge is -2.46. The summed E-state index contributed by atoms with van der Waals surface area (Å²) in [5.74, 6) is 1.83. The van der Waals surface area contributed by atoms with Gasteiger partial charge in [-0.2, -0.15) is 0 Å². The summed E-state index contributed by atoms with van der Waals surface area (Å²) < 4.78 is 0. The van der Waals surface area contributed by atoms with Crippen molar-refractivity contribution in [3.8, 4) is 0 Å². The molecule has 6 heteroatoms. The van der Waals surface area contributed by atoms with Crippen LogP contribution >= 0.6 is 0 Å². The third-order valence-electron chi connectivity index (χ3n) is 5.28. The summed E-state index contributed by atoms with van der Waals surface area (Å²) in [6, 6.07) is 2.20. The maximum absolute atomic E-state index is 13.0. The number of hydrogen-bond acceptors (Lipinski definition) is 5. The van der Waals surface area contributed by atoms with Crippen LogP contribution in [0.3, 0.4) is 0 Å². The molecule has 0 bridgehead atoms. The monoisotopic (exact) mass is 332 g/mol. The molecule has 0 aromatic carbocycles. The van der Waals surface area contributed by atoms with E-state index >= 15 is 0 Å². The highest BCUT2D eigenvalue weighted by atomic mass is 16.3. The predicted molar refractivity (Wildman–Crippen MR) is 92.5 cm³/mol. The van der Waals surface area contributed by atoms with Gasteiger partial charge in [-0.3, -0.25) is 4.79 Å². The lowest BCUT2D eigenvalue weighted by molar-refractivity contribution is -0.141. The van der Waals surface area contributed by atoms with Crippen LogP contribution < -0.4 is 4.90 Å². The second-order valence-electron chi connectivity index (χ2n) is 7.17. The molecule has 2 unspecified atom stereocenters. The van der Waals surface area contributed by atoms with Crippen molar-refractivity contribution in [1.82, 2.24) is 14.9 Å². The number of aliphatic hydroxyl groups excluding tert-OH is 1. The number of aliphatic hydroxyl groups is 1. The van der Waals surface area contributed by atoms with Gasteiger partial charge in [-0.15, -0.1) is 0 Å². The number of amides is 1. The average molecular weight is 332 g/mol. The molecule has 2 atom stereocenters. The molecule has 1 aliphatic carbocycles. The number of rotatable bonds is 3. The topological polar surface area (TPSA) is 69.6 Å². The maximum Gasteiger partial charge on any atom is 0.226 e. The first-order valence-corrected chi connectivity index (χ1v) is 9.10. The van der Waals surface area contributed by atoms with E-state index in [9.17, 15) is 9.90 Å². The summed E-state index contributed by atoms with van der Waals surface area (Å²) in [6.45, 7) is 5.63. The Morgan fingerprint density at radius 1 is 1.21 bits per heavy atom. The van der Waals surface area contributed by atoms with Crippen molar-refractivity contribution in [2.45, 2.75) is 64.6 Å². The summed E-state index contributed by atoms with van der Waals surface area (Å²) in [4.78, 5) is 25.7. The van der Waals surface area contributed by atoms with Crippen LogP contribution in [0.15, 0.2) is 12.3 Å². The Morgan fingerprint density at radius 3 is 2.50 bits per heavy atom. The van der Waals surface area contributed by atoms with Crippen LogP contribution in [0.2, 0.25) is 0 Å². The van der Waals surface area contributed by atoms with Crippen molar-refractivity contribution >= 4 is 11.7 Å². The maximum atomic E-state index is 13.0. The van der Waals surface area contributed by atoms with Crippen LogP contribution in [0.25, 0.3) is 0 Å². The van der Waals surface area contributed by atoms with E-state index in [0.717, 1.165) is 31.7 Å². The Bertz CT molecular complexity index is 562. The molecule has 1 saturated carbocycles. The van der Waals surface area contributed by atoms with E-state index in [1.807, 2.05) is 6.07 Å². The van der Waals surface area contributed by atoms with Crippen LogP contribution in [-0.4, -0.2) is 51.1 Å². The molecule has 6 nitrogen and oxygen atoms in total. The smallest absolute Gasteiger partial charge is 0.226 e. The normalized spacial score (nSPS) is 25.8. The summed E-state index contributed by atoms with van der Waals surface area (Å²) in [6.07, 6.45) is 7.41. The molecule has 1 amide bonds. The molecule has 0 spiro atoms. The number of nitrogens with zero attached hydrogens (tertiary/aromatic N) is 4. The Labute approximate surface area is 143 Å². The second-order valence-corrected chi connectivity index (χ2v) is 7.17. The quantitative estimate of drug-likeness (QED) is 0.916. The van der Waals surface area contributed by atoms with Crippen molar-refractivity contribution in [2.75, 3.05) is 18.0 Å². The fraction of sp³-hybridized carbons (Fsp3) is 0.722. The highest BCUT2D eigenvalue weighted by Crippen LogP contribution is 2.29. The lowest BCUT2D eigenvalue weighted by Crippen LogP contribution is -2.60. The van der Waals surface area contributed by atoms with E-state index in [0.29, 0.717) is 11.7 Å². The van der Waals surface area contributed by atoms with Crippen LogP contribution in [0.5, 0.6) is 0 Å². The van der Waals surface area contributed by atoms with E-state index in [-0.39, 0.29) is 24.6 Å². The summed E-state index contributed by atoms with van der Waals surface area (Å²) in [5, 5.41) is 9.23. The molecule has 1 aliphatic heterocycles. The van der Waals surface area contributed by atoms with E-state index in [1.165, 1.54) is 19.3 Å². The van der Waals surface area contributed by atoms with Gasteiger partial charge in [-0.25, -0.2) is 9.97 Å². The SMILES string of the molecule is CC1CN(c2ccnc(CO)n2)CC(C)N1C(=O)C1CCCCC1. The van der Waals surface area contributed by atoms with Gasteiger partial charge in [0.25, 0.3) is 0 Å². The zero-order valence-corrected chi connectivity index (χ0v) is 14.7. The molecule has 3 rings (SSSR count). The van der Waals surface area contributed by atoms with Gasteiger partial charge in [0.15, 0.2) is 5.82 Å². The third-order valence-corrected chi connectivity index (χ3v) is 5.28. The number of carbonyl (C=O) groups is 1. The minimum absolute atomic E-state index is 0.154. The van der Waals surface area contributed by atoms with E-state index in [4.69, 9.17) is 0 Å². The Morgan fingerprint density at radius 2 is 1.88 bits per heavy atom. The molecule has 1 saturated heterocycles. The molecule has 1 aromatic heterocycles. The molecule has 0 radical (unpaired) electrons. The van der Waals surface area contributed by atoms with Gasteiger partial charge in [-0.05, 0) is 32.8 Å². The van der Waals surface area contributed by atoms with Gasteiger partial charge in [0.2, 0.25) is 5.91 Å². The first-order valence-electron chi connectivity index (χ1n) is 9.10. The molecule has 1 aromatic rings. The van der Waals surface area contributed by atoms with Gasteiger partial charge in [0.05, 0.1) is 0 Å². The standard InChI is InChI=1S/C18H28N4O2/c1-13-10-21(17-8-9-19-16(12-23)20-17)11-14(2)22(13)18(24)15-6-4-3-5-7-15/h8-9,13-15,23H,3-7,10-12H2,1-2H3. The lowest BCUT2D eigenvalue weighted by atomic mass is 9.87. The van der Waals surface area contributed by atoms with Crippen molar-refractivity contribution in [1.29, 1.82) is 0 Å². The number of anilines is 1. The minimum atomic E-state index is -0.154. The molecular weight excluding hydrogens is 304 g/mol. The van der Waals surface area contributed by atoms with Crippen molar-refractivity contribution in [2.24, 2.45) is 5.92 Å². The molecule has 2 aliphatic rings. The Balaban J connectivity index is 1.70. The summed E-state index contributed by atoms with van der Waals surface area (Å²) in [7, 11) is 0. The fourth-order valence-electron chi connectivity index (χ4n) is 4.15. The third kappa shape index (κ3) is 3.53. The van der Waals surface area contributed by atoms with Crippen LogP contribution in [0.1, 0.15) is 51.8 Å². The van der Waals surface area contributed by atoms with Gasteiger partial charge >= 0.3 is 0 Å². The van der Waals surface area contributed by atoms with Gasteiger partial charge in [0.1, 0.15) is 12.4 Å². The highest BCUT2D eigenvalue weighted by Gasteiger charge is 2.36. The van der Waals surface area contributed by atoms with Crippen LogP contribution in [0.4, 0.5) is 5.82 Å². The summed E-state index contributed by atoms with van der Waals surface area (Å²) >= 11 is 0. The van der Waals surface area contributed by atoms with Gasteiger partial charge in [0, 0.05) is 37.3 Å². The number of aromatic nitrogens is 2. The van der Waals surface area contributed by atoms with Crippen LogP contribution in [0, 0.1) is 5.92 Å². The first kappa shape index (κ1) is 17.1. The molecule has 2 fully saturated rings. The molecule has 1 N–H and O–H groups in total. The van der Waals surface area contributed by atoms with E-state index < -0.39 is 0 Å². The van der Waals surface area contributed by atoms with Gasteiger partial charge in [-0.1, -0.05) is 19.3 Å². The van der Waals surface area contributed by atoms with Crippen LogP contribution in [-0.2, 0) is 11.4 Å². The van der Waals surface area contributed by atoms with Crippen molar-refractivity contribution in [3.63, 3.8) is 0 Å². The van der Waals surface area contributed by atoms with Gasteiger partial charge < -0.3 is 14.9 Å². The number of carbonyl (C=O) groups excluding carboxylic acids is 1. The van der Waals surface area contributed by atoms with E-state index in [1.54, 1.807) is 6.20 Å². The predicted octanol–water partition coefficient (Wildman–Crippen LogP) is 1.97. The second kappa shape index (κ2) is 7.47. The van der Waals surface area contributed by atoms with E-state index in [2.05, 4.69) is 33.6 Å². The molecular formula is C18H28N4O2. The fourth-order valence-corrected chi connectivity index (χ4v) is 4.15. The molecule has 24 heavy (non-hydrogen) atoms. The number of piperazine rings is 1. The highest BCUT2D eigenvalue weighted by molar-refractivity contribution is 5.80. The first-order chi connectivity index (χ1) is 11.6. The zero-order chi connectivity index (χ0) is 17.1. The average Bonchev–Trinajstić information content (AvgIpc) is 2.61. The minimum Gasteiger partial charge on any atom is -0.388 e. The zero-order valence-electron chi connectivity index (χ0n) is 14.7. The Kier molecular flexibility index (Phi) is 5.33. The number of hydrogen-bond donors (Lipinski definition) is 1. The summed E-state index contributed by atoms with van der Waals surface area (Å²) in [5.41, 5.74) is 0. The molecule has 132 valence electrons. The Hall–Kier alpha value is -1.69. The molecule has 2 heterocycles. The largest absolute Gasteiger partial charge is 0.388 e. The van der Waals surface area contributed by atoms with Crippen molar-refractivity contribution in [3.05, 3.63) is 18.1 Å². The van der Waals surface area contributed by atoms with Crippen molar-refractivity contribution < 1.29 is 9.90 Å².